The molecule has 0 amide bonds. The lowest BCUT2D eigenvalue weighted by Gasteiger charge is -2.13. The Balaban J connectivity index is 1.98. The van der Waals surface area contributed by atoms with E-state index in [1.165, 1.54) is 6.33 Å². The second-order valence-electron chi connectivity index (χ2n) is 4.18. The third-order valence-corrected chi connectivity index (χ3v) is 3.12. The van der Waals surface area contributed by atoms with Crippen LogP contribution in [0.1, 0.15) is 19.1 Å². The van der Waals surface area contributed by atoms with Crippen molar-refractivity contribution >= 4 is 11.2 Å². The van der Waals surface area contributed by atoms with Crippen molar-refractivity contribution in [2.45, 2.75) is 25.2 Å². The van der Waals surface area contributed by atoms with Crippen molar-refractivity contribution in [3.63, 3.8) is 0 Å². The van der Waals surface area contributed by atoms with Gasteiger partial charge in [-0.2, -0.15) is 4.98 Å². The maximum absolute atomic E-state index is 9.08. The van der Waals surface area contributed by atoms with Crippen LogP contribution in [0.5, 0.6) is 5.88 Å². The number of methoxy groups -OCH3 is 1. The van der Waals surface area contributed by atoms with E-state index in [9.17, 15) is 0 Å². The molecule has 0 bridgehead atoms. The minimum absolute atomic E-state index is 0.0431. The molecular weight excluding hydrogens is 236 g/mol. The lowest BCUT2D eigenvalue weighted by molar-refractivity contribution is -0.0207. The Morgan fingerprint density at radius 2 is 2.33 bits per heavy atom. The molecule has 3 heterocycles. The molecule has 0 spiro atoms. The molecule has 0 aliphatic carbocycles. The molecule has 1 aliphatic heterocycles. The summed E-state index contributed by atoms with van der Waals surface area (Å²) >= 11 is 0. The Morgan fingerprint density at radius 1 is 1.44 bits per heavy atom. The number of aliphatic hydroxyl groups excluding tert-OH is 1. The summed E-state index contributed by atoms with van der Waals surface area (Å²) in [5.74, 6) is 0.454. The number of imidazole rings is 1. The van der Waals surface area contributed by atoms with Crippen LogP contribution in [0.25, 0.3) is 11.2 Å². The molecule has 2 aromatic rings. The Hall–Kier alpha value is -1.73. The molecule has 0 radical (unpaired) electrons. The van der Waals surface area contributed by atoms with Crippen molar-refractivity contribution in [2.75, 3.05) is 13.7 Å². The van der Waals surface area contributed by atoms with Gasteiger partial charge >= 0.3 is 0 Å². The van der Waals surface area contributed by atoms with Gasteiger partial charge in [-0.1, -0.05) is 0 Å². The van der Waals surface area contributed by atoms with Crippen LogP contribution < -0.4 is 4.74 Å². The van der Waals surface area contributed by atoms with Gasteiger partial charge < -0.3 is 14.6 Å². The van der Waals surface area contributed by atoms with Crippen molar-refractivity contribution in [1.82, 2.24) is 19.5 Å². The van der Waals surface area contributed by atoms with Crippen molar-refractivity contribution < 1.29 is 14.6 Å². The topological polar surface area (TPSA) is 82.3 Å². The van der Waals surface area contributed by atoms with Crippen molar-refractivity contribution in [1.29, 1.82) is 0 Å². The van der Waals surface area contributed by atoms with Gasteiger partial charge in [0.1, 0.15) is 12.6 Å². The maximum atomic E-state index is 9.08. The highest BCUT2D eigenvalue weighted by Crippen LogP contribution is 2.31. The highest BCUT2D eigenvalue weighted by atomic mass is 16.5. The van der Waals surface area contributed by atoms with Gasteiger partial charge in [-0.25, -0.2) is 9.97 Å². The number of hydrogen-bond donors (Lipinski definition) is 1. The first kappa shape index (κ1) is 11.4. The van der Waals surface area contributed by atoms with Crippen LogP contribution in [0.3, 0.4) is 0 Å². The van der Waals surface area contributed by atoms with E-state index in [0.717, 1.165) is 12.8 Å². The van der Waals surface area contributed by atoms with Gasteiger partial charge in [-0.15, -0.1) is 0 Å². The predicted octanol–water partition coefficient (Wildman–Crippen LogP) is 0.505. The number of rotatable bonds is 3. The maximum Gasteiger partial charge on any atom is 0.245 e. The molecule has 2 atom stereocenters. The van der Waals surface area contributed by atoms with Gasteiger partial charge in [-0.3, -0.25) is 4.57 Å². The van der Waals surface area contributed by atoms with Crippen LogP contribution in [0, 0.1) is 0 Å². The summed E-state index contributed by atoms with van der Waals surface area (Å²) in [6.07, 6.45) is 4.55. The fourth-order valence-corrected chi connectivity index (χ4v) is 2.22. The summed E-state index contributed by atoms with van der Waals surface area (Å²) in [6.45, 7) is 0.0431. The number of nitrogens with zero attached hydrogens (tertiary/aromatic N) is 4. The molecule has 1 N–H and O–H groups in total. The Morgan fingerprint density at radius 3 is 3.06 bits per heavy atom. The van der Waals surface area contributed by atoms with Gasteiger partial charge in [-0.05, 0) is 12.8 Å². The van der Waals surface area contributed by atoms with E-state index in [2.05, 4.69) is 15.0 Å². The average Bonchev–Trinajstić information content (AvgIpc) is 3.03. The van der Waals surface area contributed by atoms with Gasteiger partial charge in [0.25, 0.3) is 0 Å². The normalized spacial score (nSPS) is 23.7. The largest absolute Gasteiger partial charge is 0.479 e. The van der Waals surface area contributed by atoms with E-state index >= 15 is 0 Å². The van der Waals surface area contributed by atoms with Crippen LogP contribution >= 0.6 is 0 Å². The first-order valence-corrected chi connectivity index (χ1v) is 5.81. The zero-order chi connectivity index (χ0) is 12.5. The minimum Gasteiger partial charge on any atom is -0.479 e. The van der Waals surface area contributed by atoms with Crippen LogP contribution in [0.4, 0.5) is 0 Å². The average molecular weight is 250 g/mol. The third kappa shape index (κ3) is 1.72. The molecule has 96 valence electrons. The van der Waals surface area contributed by atoms with Crippen molar-refractivity contribution in [2.24, 2.45) is 0 Å². The molecule has 7 heteroatoms. The fraction of sp³-hybridized carbons (Fsp3) is 0.545. The first-order chi connectivity index (χ1) is 8.83. The zero-order valence-corrected chi connectivity index (χ0v) is 9.98. The predicted molar refractivity (Wildman–Crippen MR) is 62.1 cm³/mol. The van der Waals surface area contributed by atoms with E-state index in [4.69, 9.17) is 14.6 Å². The SMILES string of the molecule is COc1ncnc2c1ncn2[C@H]1CC[C@H](CO)O1. The molecule has 1 saturated heterocycles. The molecule has 18 heavy (non-hydrogen) atoms. The summed E-state index contributed by atoms with van der Waals surface area (Å²) in [6, 6.07) is 0. The summed E-state index contributed by atoms with van der Waals surface area (Å²) in [5, 5.41) is 9.08. The van der Waals surface area contributed by atoms with E-state index in [1.54, 1.807) is 13.4 Å². The highest BCUT2D eigenvalue weighted by molar-refractivity contribution is 5.75. The minimum atomic E-state index is -0.133. The standard InChI is InChI=1S/C11H14N4O3/c1-17-11-9-10(12-5-13-11)15(6-14-9)8-3-2-7(4-16)18-8/h5-8,16H,2-4H2,1H3/t7-,8-/m1/s1. The summed E-state index contributed by atoms with van der Waals surface area (Å²) in [7, 11) is 1.55. The first-order valence-electron chi connectivity index (χ1n) is 5.81. The summed E-state index contributed by atoms with van der Waals surface area (Å²) in [4.78, 5) is 12.5. The van der Waals surface area contributed by atoms with E-state index < -0.39 is 0 Å². The van der Waals surface area contributed by atoms with E-state index in [1.807, 2.05) is 4.57 Å². The van der Waals surface area contributed by atoms with Gasteiger partial charge in [0.05, 0.1) is 26.1 Å². The number of ether oxygens (including phenoxy) is 2. The Bertz CT molecular complexity index is 556. The quantitative estimate of drug-likeness (QED) is 0.854. The second kappa shape index (κ2) is 4.51. The number of hydrogen-bond acceptors (Lipinski definition) is 6. The molecule has 0 aromatic carbocycles. The van der Waals surface area contributed by atoms with Crippen LogP contribution in [-0.2, 0) is 4.74 Å². The molecule has 7 nitrogen and oxygen atoms in total. The van der Waals surface area contributed by atoms with Crippen molar-refractivity contribution in [3.05, 3.63) is 12.7 Å². The monoisotopic (exact) mass is 250 g/mol. The molecule has 1 fully saturated rings. The molecule has 1 aliphatic rings. The molecule has 0 saturated carbocycles. The molecule has 3 rings (SSSR count). The molecule has 0 unspecified atom stereocenters. The van der Waals surface area contributed by atoms with Crippen LogP contribution in [0.15, 0.2) is 12.7 Å². The fourth-order valence-electron chi connectivity index (χ4n) is 2.22. The third-order valence-electron chi connectivity index (χ3n) is 3.12. The van der Waals surface area contributed by atoms with Crippen LogP contribution in [0.2, 0.25) is 0 Å². The van der Waals surface area contributed by atoms with E-state index in [0.29, 0.717) is 17.0 Å². The van der Waals surface area contributed by atoms with Crippen LogP contribution in [-0.4, -0.2) is 44.4 Å². The Kier molecular flexibility index (Phi) is 2.85. The van der Waals surface area contributed by atoms with Gasteiger partial charge in [0.15, 0.2) is 11.2 Å². The van der Waals surface area contributed by atoms with E-state index in [-0.39, 0.29) is 18.9 Å². The number of aromatic nitrogens is 4. The smallest absolute Gasteiger partial charge is 0.245 e. The zero-order valence-electron chi connectivity index (χ0n) is 9.98. The lowest BCUT2D eigenvalue weighted by atomic mass is 10.2. The number of fused-ring (bicyclic) bond motifs is 1. The lowest BCUT2D eigenvalue weighted by Crippen LogP contribution is -2.14. The summed E-state index contributed by atoms with van der Waals surface area (Å²) < 4.78 is 12.7. The van der Waals surface area contributed by atoms with Crippen molar-refractivity contribution in [3.8, 4) is 5.88 Å². The number of aliphatic hydroxyl groups is 1. The molecular formula is C11H14N4O3. The highest BCUT2D eigenvalue weighted by Gasteiger charge is 2.27. The second-order valence-corrected chi connectivity index (χ2v) is 4.18. The summed E-state index contributed by atoms with van der Waals surface area (Å²) in [5.41, 5.74) is 1.31. The molecule has 2 aromatic heterocycles. The van der Waals surface area contributed by atoms with Gasteiger partial charge in [0.2, 0.25) is 5.88 Å². The van der Waals surface area contributed by atoms with Gasteiger partial charge in [0, 0.05) is 0 Å². The Labute approximate surface area is 103 Å².